The highest BCUT2D eigenvalue weighted by Crippen LogP contribution is 2.17. The normalized spacial score (nSPS) is 19.5. The second kappa shape index (κ2) is 13.9. The number of nitrogens with zero attached hydrogens (tertiary/aromatic N) is 4. The van der Waals surface area contributed by atoms with Crippen molar-refractivity contribution in [3.05, 3.63) is 64.1 Å². The Balaban J connectivity index is 0.000000281. The summed E-state index contributed by atoms with van der Waals surface area (Å²) in [5, 5.41) is 32.1. The van der Waals surface area contributed by atoms with Gasteiger partial charge in [-0.25, -0.2) is 9.78 Å². The summed E-state index contributed by atoms with van der Waals surface area (Å²) in [6.45, 7) is 2.35. The molecule has 3 rings (SSSR count). The van der Waals surface area contributed by atoms with Crippen LogP contribution in [0.15, 0.2) is 47.7 Å². The van der Waals surface area contributed by atoms with Crippen LogP contribution in [-0.4, -0.2) is 82.2 Å². The molecule has 1 aromatic carbocycles. The Labute approximate surface area is 208 Å². The number of nitrogens with one attached hydrogen (secondary N) is 1. The molecule has 36 heavy (non-hydrogen) atoms. The molecule has 1 aliphatic heterocycles. The maximum absolute atomic E-state index is 10.9. The first-order chi connectivity index (χ1) is 17.2. The van der Waals surface area contributed by atoms with Crippen LogP contribution >= 0.6 is 0 Å². The maximum Gasteiger partial charge on any atom is 0.330 e. The van der Waals surface area contributed by atoms with Gasteiger partial charge in [-0.05, 0) is 30.7 Å². The molecule has 0 bridgehead atoms. The van der Waals surface area contributed by atoms with Gasteiger partial charge >= 0.3 is 5.97 Å². The lowest BCUT2D eigenvalue weighted by atomic mass is 10.1. The summed E-state index contributed by atoms with van der Waals surface area (Å²) < 4.78 is 17.2. The van der Waals surface area contributed by atoms with E-state index < -0.39 is 29.2 Å². The van der Waals surface area contributed by atoms with Gasteiger partial charge in [0.25, 0.3) is 5.69 Å². The lowest BCUT2D eigenvalue weighted by Gasteiger charge is -2.09. The van der Waals surface area contributed by atoms with Crippen molar-refractivity contribution in [2.24, 2.45) is 12.0 Å². The lowest BCUT2D eigenvalue weighted by Crippen LogP contribution is -2.28. The average Bonchev–Trinajstić information content (AvgIpc) is 3.40. The number of hydrogen-bond donors (Lipinski definition) is 3. The number of nitro groups is 1. The third-order valence-corrected chi connectivity index (χ3v) is 5.00. The molecule has 1 aromatic heterocycles. The number of anilines is 1. The zero-order valence-electron chi connectivity index (χ0n) is 20.5. The van der Waals surface area contributed by atoms with Crippen LogP contribution in [0.1, 0.15) is 18.2 Å². The third-order valence-electron chi connectivity index (χ3n) is 5.00. The van der Waals surface area contributed by atoms with Gasteiger partial charge < -0.3 is 34.3 Å². The Morgan fingerprint density at radius 3 is 2.58 bits per heavy atom. The van der Waals surface area contributed by atoms with Crippen molar-refractivity contribution in [3.8, 4) is 0 Å². The first kappa shape index (κ1) is 28.4. The van der Waals surface area contributed by atoms with Crippen LogP contribution in [0.2, 0.25) is 0 Å². The van der Waals surface area contributed by atoms with Gasteiger partial charge in [0, 0.05) is 39.4 Å². The number of aryl methyl sites for hydroxylation is 1. The summed E-state index contributed by atoms with van der Waals surface area (Å²) in [7, 11) is 5.29. The molecular weight excluding hydrogens is 474 g/mol. The van der Waals surface area contributed by atoms with Crippen molar-refractivity contribution in [2.75, 3.05) is 32.6 Å². The summed E-state index contributed by atoms with van der Waals surface area (Å²) in [5.74, 6) is 0.720. The molecule has 0 spiro atoms. The van der Waals surface area contributed by atoms with Crippen LogP contribution < -0.4 is 5.32 Å². The molecule has 0 aliphatic carbocycles. The molecule has 3 atom stereocenters. The fourth-order valence-electron chi connectivity index (χ4n) is 3.14. The zero-order valence-corrected chi connectivity index (χ0v) is 20.5. The average molecular weight is 506 g/mol. The van der Waals surface area contributed by atoms with Crippen molar-refractivity contribution in [1.82, 2.24) is 9.55 Å². The Morgan fingerprint density at radius 1 is 1.36 bits per heavy atom. The van der Waals surface area contributed by atoms with Gasteiger partial charge in [-0.15, -0.1) is 0 Å². The summed E-state index contributed by atoms with van der Waals surface area (Å²) in [4.78, 5) is 29.4. The van der Waals surface area contributed by atoms with E-state index >= 15 is 0 Å². The molecule has 1 aliphatic rings. The Morgan fingerprint density at radius 2 is 2.06 bits per heavy atom. The number of aromatic nitrogens is 2. The van der Waals surface area contributed by atoms with Gasteiger partial charge in [0.15, 0.2) is 5.69 Å². The first-order valence-electron chi connectivity index (χ1n) is 11.1. The van der Waals surface area contributed by atoms with E-state index in [9.17, 15) is 20.0 Å². The van der Waals surface area contributed by atoms with E-state index in [1.165, 1.54) is 24.3 Å². The molecule has 1 saturated heterocycles. The van der Waals surface area contributed by atoms with Crippen molar-refractivity contribution >= 4 is 23.4 Å². The van der Waals surface area contributed by atoms with E-state index in [2.05, 4.69) is 20.0 Å². The monoisotopic (exact) mass is 505 g/mol. The summed E-state index contributed by atoms with van der Waals surface area (Å²) >= 11 is 0. The standard InChI is InChI=1S/C14H17N5O3.C9H14O5/c1-15-13-12(17-9-18(13)3)14(16-2)22-8-10-4-6-11(7-5-10)19(20)21;1-2-13-8(11)4-3-7-9(12)6(10)5-14-7/h4-7,9,15H,8H2,1-3H3;3-4,6-7,9-10,12H,2,5H2,1H3/b;4-3+/t;6-,7+,9-/m.0/s1. The number of imidazole rings is 1. The summed E-state index contributed by atoms with van der Waals surface area (Å²) in [6, 6.07) is 6.20. The molecule has 3 N–H and O–H groups in total. The predicted molar refractivity (Wildman–Crippen MR) is 131 cm³/mol. The minimum atomic E-state index is -0.972. The Kier molecular flexibility index (Phi) is 11.0. The highest BCUT2D eigenvalue weighted by molar-refractivity contribution is 5.96. The highest BCUT2D eigenvalue weighted by atomic mass is 16.6. The number of aliphatic hydroxyl groups is 2. The second-order valence-corrected chi connectivity index (χ2v) is 7.51. The van der Waals surface area contributed by atoms with E-state index in [1.54, 1.807) is 39.5 Å². The van der Waals surface area contributed by atoms with E-state index in [1.807, 2.05) is 11.6 Å². The molecule has 0 amide bonds. The fourth-order valence-corrected chi connectivity index (χ4v) is 3.14. The molecule has 0 saturated carbocycles. The second-order valence-electron chi connectivity index (χ2n) is 7.51. The molecule has 0 radical (unpaired) electrons. The van der Waals surface area contributed by atoms with Crippen molar-refractivity contribution in [1.29, 1.82) is 0 Å². The number of ether oxygens (including phenoxy) is 3. The van der Waals surface area contributed by atoms with Gasteiger partial charge in [-0.3, -0.25) is 15.1 Å². The zero-order chi connectivity index (χ0) is 26.7. The van der Waals surface area contributed by atoms with Gasteiger partial charge in [-0.1, -0.05) is 0 Å². The molecule has 2 heterocycles. The van der Waals surface area contributed by atoms with E-state index in [0.717, 1.165) is 11.4 Å². The number of aliphatic imine (C=N–C) groups is 1. The summed E-state index contributed by atoms with van der Waals surface area (Å²) in [6.07, 6.45) is 1.76. The van der Waals surface area contributed by atoms with Crippen LogP contribution in [0.5, 0.6) is 0 Å². The highest BCUT2D eigenvalue weighted by Gasteiger charge is 2.32. The number of carbonyl (C=O) groups is 1. The van der Waals surface area contributed by atoms with Crippen LogP contribution in [0.25, 0.3) is 0 Å². The SMILES string of the molecule is CCOC(=O)/C=C/[C@H]1OC[C@H](O)[C@@H]1O.CN=C(OCc1ccc([N+](=O)[O-])cc1)c1ncn(C)c1NC. The number of nitro benzene ring substituents is 1. The molecule has 2 aromatic rings. The Hall–Kier alpha value is -3.81. The van der Waals surface area contributed by atoms with Crippen molar-refractivity contribution in [2.45, 2.75) is 31.8 Å². The van der Waals surface area contributed by atoms with Gasteiger partial charge in [0.2, 0.25) is 5.90 Å². The molecule has 196 valence electrons. The van der Waals surface area contributed by atoms with Crippen LogP contribution in [0.4, 0.5) is 11.5 Å². The quantitative estimate of drug-likeness (QED) is 0.118. The lowest BCUT2D eigenvalue weighted by molar-refractivity contribution is -0.384. The largest absolute Gasteiger partial charge is 0.471 e. The third kappa shape index (κ3) is 7.86. The number of non-ortho nitro benzene ring substituents is 1. The minimum Gasteiger partial charge on any atom is -0.471 e. The van der Waals surface area contributed by atoms with Gasteiger partial charge in [0.1, 0.15) is 30.7 Å². The van der Waals surface area contributed by atoms with Crippen LogP contribution in [-0.2, 0) is 32.7 Å². The molecule has 0 unspecified atom stereocenters. The minimum absolute atomic E-state index is 0.0512. The van der Waals surface area contributed by atoms with E-state index in [0.29, 0.717) is 18.2 Å². The molecule has 13 heteroatoms. The maximum atomic E-state index is 10.9. The number of hydrogen-bond acceptors (Lipinski definition) is 11. The molecule has 1 fully saturated rings. The first-order valence-corrected chi connectivity index (χ1v) is 11.1. The number of benzene rings is 1. The topological polar surface area (TPSA) is 171 Å². The van der Waals surface area contributed by atoms with Crippen LogP contribution in [0, 0.1) is 10.1 Å². The molecule has 13 nitrogen and oxygen atoms in total. The summed E-state index contributed by atoms with van der Waals surface area (Å²) in [5.41, 5.74) is 1.48. The van der Waals surface area contributed by atoms with Crippen molar-refractivity contribution < 1.29 is 34.1 Å². The number of esters is 1. The molecular formula is C23H31N5O8. The van der Waals surface area contributed by atoms with E-state index in [-0.39, 0.29) is 18.9 Å². The van der Waals surface area contributed by atoms with Crippen molar-refractivity contribution in [3.63, 3.8) is 0 Å². The van der Waals surface area contributed by atoms with Gasteiger partial charge in [-0.2, -0.15) is 0 Å². The number of rotatable bonds is 8. The van der Waals surface area contributed by atoms with E-state index in [4.69, 9.17) is 14.6 Å². The predicted octanol–water partition coefficient (Wildman–Crippen LogP) is 1.19. The Bertz CT molecular complexity index is 1070. The fraction of sp³-hybridized carbons (Fsp3) is 0.435. The number of carbonyl (C=O) groups excluding carboxylic acids is 1. The smallest absolute Gasteiger partial charge is 0.330 e. The van der Waals surface area contributed by atoms with Gasteiger partial charge in [0.05, 0.1) is 24.5 Å². The number of aliphatic hydroxyl groups excluding tert-OH is 2. The van der Waals surface area contributed by atoms with Crippen LogP contribution in [0.3, 0.4) is 0 Å².